The Morgan fingerprint density at radius 1 is 1.20 bits per heavy atom. The topological polar surface area (TPSA) is 15.3 Å². The number of rotatable bonds is 6. The monoisotopic (exact) mass is 274 g/mol. The summed E-state index contributed by atoms with van der Waals surface area (Å²) in [6, 6.07) is 12.1. The first-order chi connectivity index (χ1) is 9.72. The molecule has 0 spiro atoms. The molecule has 0 saturated heterocycles. The Morgan fingerprint density at radius 3 is 2.55 bits per heavy atom. The Hall–Kier alpha value is -0.860. The van der Waals surface area contributed by atoms with Crippen molar-refractivity contribution in [2.45, 2.75) is 51.1 Å². The van der Waals surface area contributed by atoms with Gasteiger partial charge in [-0.2, -0.15) is 0 Å². The van der Waals surface area contributed by atoms with Crippen LogP contribution in [0.2, 0.25) is 0 Å². The van der Waals surface area contributed by atoms with E-state index in [0.29, 0.717) is 6.04 Å². The predicted octanol–water partition coefficient (Wildman–Crippen LogP) is 3.85. The quantitative estimate of drug-likeness (QED) is 0.847. The van der Waals surface area contributed by atoms with E-state index in [0.717, 1.165) is 12.0 Å². The molecule has 20 heavy (non-hydrogen) atoms. The van der Waals surface area contributed by atoms with Crippen molar-refractivity contribution >= 4 is 0 Å². The van der Waals surface area contributed by atoms with E-state index in [-0.39, 0.29) is 0 Å². The van der Waals surface area contributed by atoms with Gasteiger partial charge in [-0.15, -0.1) is 0 Å². The molecule has 0 heterocycles. The summed E-state index contributed by atoms with van der Waals surface area (Å²) in [4.78, 5) is 2.59. The second-order valence-corrected chi connectivity index (χ2v) is 6.35. The van der Waals surface area contributed by atoms with Gasteiger partial charge in [0.15, 0.2) is 0 Å². The van der Waals surface area contributed by atoms with Crippen LogP contribution in [0.25, 0.3) is 0 Å². The first-order valence-corrected chi connectivity index (χ1v) is 8.15. The first kappa shape index (κ1) is 15.5. The van der Waals surface area contributed by atoms with E-state index < -0.39 is 0 Å². The third-order valence-electron chi connectivity index (χ3n) is 4.95. The van der Waals surface area contributed by atoms with E-state index in [1.165, 1.54) is 44.2 Å². The summed E-state index contributed by atoms with van der Waals surface area (Å²) in [6.07, 6.45) is 6.80. The Morgan fingerprint density at radius 2 is 1.90 bits per heavy atom. The molecule has 1 aliphatic carbocycles. The minimum absolute atomic E-state index is 0.470. The van der Waals surface area contributed by atoms with Crippen LogP contribution in [0.3, 0.4) is 0 Å². The molecule has 0 aromatic heterocycles. The maximum absolute atomic E-state index is 3.46. The lowest BCUT2D eigenvalue weighted by Crippen LogP contribution is -2.40. The fourth-order valence-corrected chi connectivity index (χ4v) is 3.61. The van der Waals surface area contributed by atoms with Crippen LogP contribution >= 0.6 is 0 Å². The maximum atomic E-state index is 3.46. The lowest BCUT2D eigenvalue weighted by atomic mass is 9.85. The molecule has 1 fully saturated rings. The molecule has 0 bridgehead atoms. The van der Waals surface area contributed by atoms with Crippen LogP contribution in [0.4, 0.5) is 0 Å². The van der Waals surface area contributed by atoms with Gasteiger partial charge in [-0.1, -0.05) is 50.1 Å². The van der Waals surface area contributed by atoms with Crippen LogP contribution < -0.4 is 5.32 Å². The molecule has 3 atom stereocenters. The third kappa shape index (κ3) is 4.07. The number of hydrogen-bond donors (Lipinski definition) is 1. The highest BCUT2D eigenvalue weighted by atomic mass is 15.1. The smallest absolute Gasteiger partial charge is 0.0329 e. The number of benzene rings is 1. The Kier molecular flexibility index (Phi) is 6.06. The van der Waals surface area contributed by atoms with Crippen molar-refractivity contribution in [2.24, 2.45) is 5.92 Å². The fourth-order valence-electron chi connectivity index (χ4n) is 3.61. The van der Waals surface area contributed by atoms with Crippen molar-refractivity contribution in [1.29, 1.82) is 0 Å². The van der Waals surface area contributed by atoms with E-state index in [4.69, 9.17) is 0 Å². The van der Waals surface area contributed by atoms with Gasteiger partial charge in [0.05, 0.1) is 0 Å². The standard InChI is InChI=1S/C18H30N2/c1-15-9-7-8-12-18(15)20(3)14-13-17(19-2)16-10-5-4-6-11-16/h4-6,10-11,15,17-19H,7-9,12-14H2,1-3H3. The molecule has 112 valence electrons. The van der Waals surface area contributed by atoms with Crippen LogP contribution in [-0.2, 0) is 0 Å². The minimum Gasteiger partial charge on any atom is -0.313 e. The van der Waals surface area contributed by atoms with Crippen molar-refractivity contribution in [2.75, 3.05) is 20.6 Å². The third-order valence-corrected chi connectivity index (χ3v) is 4.95. The molecular weight excluding hydrogens is 244 g/mol. The summed E-state index contributed by atoms with van der Waals surface area (Å²) in [5.41, 5.74) is 1.40. The molecule has 0 radical (unpaired) electrons. The molecule has 1 N–H and O–H groups in total. The molecular formula is C18H30N2. The van der Waals surface area contributed by atoms with Gasteiger partial charge >= 0.3 is 0 Å². The van der Waals surface area contributed by atoms with Crippen molar-refractivity contribution in [3.63, 3.8) is 0 Å². The van der Waals surface area contributed by atoms with Crippen LogP contribution in [-0.4, -0.2) is 31.6 Å². The van der Waals surface area contributed by atoms with Gasteiger partial charge in [-0.3, -0.25) is 0 Å². The largest absolute Gasteiger partial charge is 0.313 e. The highest BCUT2D eigenvalue weighted by molar-refractivity contribution is 5.18. The number of nitrogens with one attached hydrogen (secondary N) is 1. The Labute approximate surface area is 124 Å². The van der Waals surface area contributed by atoms with Crippen LogP contribution in [0.15, 0.2) is 30.3 Å². The Bertz CT molecular complexity index is 376. The number of nitrogens with zero attached hydrogens (tertiary/aromatic N) is 1. The SMILES string of the molecule is CNC(CCN(C)C1CCCCC1C)c1ccccc1. The van der Waals surface area contributed by atoms with Crippen molar-refractivity contribution in [3.8, 4) is 0 Å². The summed E-state index contributed by atoms with van der Waals surface area (Å²) < 4.78 is 0. The van der Waals surface area contributed by atoms with Crippen LogP contribution in [0.1, 0.15) is 50.6 Å². The molecule has 1 saturated carbocycles. The molecule has 2 heteroatoms. The normalized spacial score (nSPS) is 24.8. The first-order valence-electron chi connectivity index (χ1n) is 8.15. The highest BCUT2D eigenvalue weighted by Gasteiger charge is 2.25. The van der Waals surface area contributed by atoms with Crippen molar-refractivity contribution < 1.29 is 0 Å². The minimum atomic E-state index is 0.470. The molecule has 3 unspecified atom stereocenters. The molecule has 0 aliphatic heterocycles. The van der Waals surface area contributed by atoms with Gasteiger partial charge in [0, 0.05) is 12.1 Å². The molecule has 1 aromatic carbocycles. The van der Waals surface area contributed by atoms with Gasteiger partial charge in [-0.05, 0) is 51.4 Å². The highest BCUT2D eigenvalue weighted by Crippen LogP contribution is 2.28. The average molecular weight is 274 g/mol. The summed E-state index contributed by atoms with van der Waals surface area (Å²) in [5.74, 6) is 0.860. The summed E-state index contributed by atoms with van der Waals surface area (Å²) in [5, 5.41) is 3.46. The summed E-state index contributed by atoms with van der Waals surface area (Å²) >= 11 is 0. The number of hydrogen-bond acceptors (Lipinski definition) is 2. The average Bonchev–Trinajstić information content (AvgIpc) is 2.49. The maximum Gasteiger partial charge on any atom is 0.0329 e. The summed E-state index contributed by atoms with van der Waals surface area (Å²) in [7, 11) is 4.38. The molecule has 1 aromatic rings. The molecule has 0 amide bonds. The molecule has 1 aliphatic rings. The zero-order chi connectivity index (χ0) is 14.4. The van der Waals surface area contributed by atoms with E-state index in [1.54, 1.807) is 0 Å². The van der Waals surface area contributed by atoms with Gasteiger partial charge < -0.3 is 10.2 Å². The van der Waals surface area contributed by atoms with Crippen LogP contribution in [0, 0.1) is 5.92 Å². The van der Waals surface area contributed by atoms with Gasteiger partial charge in [0.25, 0.3) is 0 Å². The second-order valence-electron chi connectivity index (χ2n) is 6.35. The van der Waals surface area contributed by atoms with Crippen LogP contribution in [0.5, 0.6) is 0 Å². The molecule has 2 nitrogen and oxygen atoms in total. The predicted molar refractivity (Wildman–Crippen MR) is 86.9 cm³/mol. The zero-order valence-electron chi connectivity index (χ0n) is 13.3. The van der Waals surface area contributed by atoms with Gasteiger partial charge in [0.1, 0.15) is 0 Å². The summed E-state index contributed by atoms with van der Waals surface area (Å²) in [6.45, 7) is 3.60. The van der Waals surface area contributed by atoms with E-state index in [9.17, 15) is 0 Å². The van der Waals surface area contributed by atoms with E-state index >= 15 is 0 Å². The van der Waals surface area contributed by atoms with E-state index in [2.05, 4.69) is 61.6 Å². The fraction of sp³-hybridized carbons (Fsp3) is 0.667. The van der Waals surface area contributed by atoms with Gasteiger partial charge in [0.2, 0.25) is 0 Å². The zero-order valence-corrected chi connectivity index (χ0v) is 13.3. The van der Waals surface area contributed by atoms with E-state index in [1.807, 2.05) is 0 Å². The lowest BCUT2D eigenvalue weighted by Gasteiger charge is -2.37. The Balaban J connectivity index is 1.86. The lowest BCUT2D eigenvalue weighted by molar-refractivity contribution is 0.135. The second kappa shape index (κ2) is 7.80. The van der Waals surface area contributed by atoms with Gasteiger partial charge in [-0.25, -0.2) is 0 Å². The van der Waals surface area contributed by atoms with Crippen molar-refractivity contribution in [3.05, 3.63) is 35.9 Å². The van der Waals surface area contributed by atoms with Crippen molar-refractivity contribution in [1.82, 2.24) is 10.2 Å². The molecule has 2 rings (SSSR count).